The van der Waals surface area contributed by atoms with Crippen LogP contribution in [0.3, 0.4) is 0 Å². The topological polar surface area (TPSA) is 13.1 Å². The third kappa shape index (κ3) is 7.11. The molecule has 0 amide bonds. The normalized spacial score (nSPS) is 12.2. The van der Waals surface area contributed by atoms with Gasteiger partial charge >= 0.3 is 0 Å². The lowest BCUT2D eigenvalue weighted by molar-refractivity contribution is 1.17. The summed E-state index contributed by atoms with van der Waals surface area (Å²) in [4.78, 5) is 2.37. The Hall–Kier alpha value is -11.6. The number of fused-ring (bicyclic) bond motifs is 9. The molecule has 0 N–H and O–H groups in total. The summed E-state index contributed by atoms with van der Waals surface area (Å²) in [5.41, 5.74) is 27.7. The third-order valence-corrected chi connectivity index (χ3v) is 20.7. The van der Waals surface area contributed by atoms with Crippen LogP contribution in [0.2, 0.25) is 0 Å². The fraction of sp³-hybridized carbons (Fsp3) is 0. The van der Waals surface area contributed by atoms with E-state index in [0.29, 0.717) is 0 Å². The number of nitrogens with zero attached hydrogens (tertiary/aromatic N) is 3. The Morgan fingerprint density at radius 3 is 1.40 bits per heavy atom. The van der Waals surface area contributed by atoms with Crippen molar-refractivity contribution in [2.75, 3.05) is 4.90 Å². The Morgan fingerprint density at radius 2 is 0.711 bits per heavy atom. The summed E-state index contributed by atoms with van der Waals surface area (Å²) < 4.78 is 7.61. The van der Waals surface area contributed by atoms with E-state index in [1.54, 1.807) is 0 Å². The van der Waals surface area contributed by atoms with E-state index < -0.39 is 0 Å². The lowest BCUT2D eigenvalue weighted by Crippen LogP contribution is -2.10. The summed E-state index contributed by atoms with van der Waals surface area (Å²) >= 11 is 1.90. The number of hydrogen-bond acceptors (Lipinski definition) is 2. The van der Waals surface area contributed by atoms with Crippen LogP contribution in [0.25, 0.3) is 175 Å². The van der Waals surface area contributed by atoms with Gasteiger partial charge in [-0.25, -0.2) is 0 Å². The smallest absolute Gasteiger partial charge is 0.0548 e. The maximum absolute atomic E-state index is 2.52. The molecule has 0 atom stereocenters. The molecule has 416 valence electrons. The summed E-state index contributed by atoms with van der Waals surface area (Å²) in [6, 6.07) is 116. The Kier molecular flexibility index (Phi) is 10.4. The van der Waals surface area contributed by atoms with E-state index in [-0.39, 0.29) is 0 Å². The van der Waals surface area contributed by atoms with Crippen LogP contribution in [0.15, 0.2) is 309 Å². The molecule has 0 fully saturated rings. The highest BCUT2D eigenvalue weighted by atomic mass is 32.1. The minimum atomic E-state index is 1.09. The van der Waals surface area contributed by atoms with Gasteiger partial charge in [-0.15, -0.1) is 11.3 Å². The van der Waals surface area contributed by atoms with E-state index in [1.807, 2.05) is 11.3 Å². The molecule has 18 aromatic rings. The second kappa shape index (κ2) is 19.0. The van der Waals surface area contributed by atoms with Gasteiger partial charge < -0.3 is 14.0 Å². The summed E-state index contributed by atoms with van der Waals surface area (Å²) in [6.45, 7) is 0. The van der Waals surface area contributed by atoms with E-state index in [2.05, 4.69) is 323 Å². The van der Waals surface area contributed by atoms with Gasteiger partial charge in [-0.2, -0.15) is 0 Å². The van der Waals surface area contributed by atoms with Crippen LogP contribution >= 0.6 is 11.3 Å². The fourth-order valence-electron chi connectivity index (χ4n) is 15.7. The Balaban J connectivity index is 0.745. The van der Waals surface area contributed by atoms with Crippen molar-refractivity contribution >= 4 is 114 Å². The van der Waals surface area contributed by atoms with Crippen LogP contribution < -0.4 is 4.90 Å². The summed E-state index contributed by atoms with van der Waals surface area (Å²) in [7, 11) is 0. The second-order valence-electron chi connectivity index (χ2n) is 24.3. The Labute approximate surface area is 523 Å². The highest BCUT2D eigenvalue weighted by molar-refractivity contribution is 7.26. The van der Waals surface area contributed by atoms with E-state index in [4.69, 9.17) is 0 Å². The third-order valence-electron chi connectivity index (χ3n) is 19.5. The first-order chi connectivity index (χ1) is 44.6. The van der Waals surface area contributed by atoms with Crippen LogP contribution in [0.4, 0.5) is 17.1 Å². The molecule has 0 unspecified atom stereocenters. The van der Waals surface area contributed by atoms with Gasteiger partial charge in [0.1, 0.15) is 0 Å². The van der Waals surface area contributed by atoms with Crippen molar-refractivity contribution in [2.45, 2.75) is 0 Å². The summed E-state index contributed by atoms with van der Waals surface area (Å²) in [5.74, 6) is 0. The van der Waals surface area contributed by atoms with Crippen LogP contribution in [-0.4, -0.2) is 9.13 Å². The van der Waals surface area contributed by atoms with Gasteiger partial charge in [0, 0.05) is 75.7 Å². The molecule has 3 nitrogen and oxygen atoms in total. The van der Waals surface area contributed by atoms with Crippen LogP contribution in [0, 0.1) is 0 Å². The number of rotatable bonds is 8. The minimum Gasteiger partial charge on any atom is -0.310 e. The number of anilines is 3. The van der Waals surface area contributed by atoms with Crippen molar-refractivity contribution < 1.29 is 0 Å². The first kappa shape index (κ1) is 49.5. The second-order valence-corrected chi connectivity index (χ2v) is 25.3. The zero-order valence-electron chi connectivity index (χ0n) is 48.7. The van der Waals surface area contributed by atoms with E-state index in [1.165, 1.54) is 163 Å². The van der Waals surface area contributed by atoms with Gasteiger partial charge in [0.2, 0.25) is 0 Å². The maximum atomic E-state index is 2.52. The van der Waals surface area contributed by atoms with Gasteiger partial charge in [0.15, 0.2) is 0 Å². The quantitative estimate of drug-likeness (QED) is 0.148. The van der Waals surface area contributed by atoms with Crippen molar-refractivity contribution in [3.63, 3.8) is 0 Å². The monoisotopic (exact) mass is 1160 g/mol. The number of thiophene rings is 1. The summed E-state index contributed by atoms with van der Waals surface area (Å²) in [6.07, 6.45) is 0. The predicted octanol–water partition coefficient (Wildman–Crippen LogP) is 24.3. The zero-order valence-corrected chi connectivity index (χ0v) is 49.5. The van der Waals surface area contributed by atoms with Gasteiger partial charge in [-0.3, -0.25) is 0 Å². The average molecular weight is 1160 g/mol. The predicted molar refractivity (Wildman–Crippen MR) is 383 cm³/mol. The minimum absolute atomic E-state index is 1.09. The van der Waals surface area contributed by atoms with Crippen LogP contribution in [0.5, 0.6) is 0 Å². The van der Waals surface area contributed by atoms with Gasteiger partial charge in [-0.1, -0.05) is 206 Å². The Bertz CT molecular complexity index is 6080. The molecule has 2 aliphatic carbocycles. The highest BCUT2D eigenvalue weighted by Crippen LogP contribution is 2.54. The van der Waals surface area contributed by atoms with Crippen LogP contribution in [0.1, 0.15) is 0 Å². The fourth-order valence-corrected chi connectivity index (χ4v) is 16.9. The van der Waals surface area contributed by atoms with Crippen LogP contribution in [-0.2, 0) is 0 Å². The van der Waals surface area contributed by atoms with E-state index in [0.717, 1.165) is 28.4 Å². The molecule has 2 aliphatic rings. The van der Waals surface area contributed by atoms with Crippen molar-refractivity contribution in [1.29, 1.82) is 0 Å². The molecule has 0 saturated carbocycles. The molecular formula is C86H51N3S. The SMILES string of the molecule is c1ccc(-c2ccc(N(c3ccccc3)c3cccc(-n4c5cccc6c5c5c7c(cccc7ccc54)-c4cc(-c5cc(-c7cccc(-n8c9cccc%10c9c9c%11c(cccc%11ccc98)-c8ccccc8-%10)c7)c7sc8ccccc8c7c5)ccc4-6)c3)cc2)cc1. The number of aromatic nitrogens is 2. The molecule has 15 aromatic carbocycles. The standard InChI is InChI=1S/C86H51N3S/c1-3-17-52(18-4-1)53-37-42-60(43-38-53)87(59-22-5-2-6-23-59)62-25-14-26-63(51-62)89-76-35-16-33-70-66-44-39-56(48-73(66)71-31-13-20-55-41-46-78(89)85(81(55)71)83(70)76)58-49-72(86-74(50-58)67-29-9-10-36-79(67)90-86)57-21-11-24-61(47-57)88-75-34-15-32-69-65-28-8-7-27-64(65)68-30-12-19-54-40-45-77(88)84(80(54)68)82(69)75/h1-51H. The number of hydrogen-bond donors (Lipinski definition) is 0. The first-order valence-electron chi connectivity index (χ1n) is 31.1. The average Bonchev–Trinajstić information content (AvgIpc) is 1.69. The van der Waals surface area contributed by atoms with Crippen molar-refractivity contribution in [3.8, 4) is 89.3 Å². The lowest BCUT2D eigenvalue weighted by Gasteiger charge is -2.26. The molecule has 4 heteroatoms. The van der Waals surface area contributed by atoms with Gasteiger partial charge in [0.05, 0.1) is 22.1 Å². The Morgan fingerprint density at radius 1 is 0.233 bits per heavy atom. The number of para-hydroxylation sites is 1. The molecule has 0 aliphatic heterocycles. The maximum Gasteiger partial charge on any atom is 0.0548 e. The van der Waals surface area contributed by atoms with E-state index >= 15 is 0 Å². The zero-order chi connectivity index (χ0) is 58.7. The molecule has 20 rings (SSSR count). The van der Waals surface area contributed by atoms with Crippen molar-refractivity contribution in [1.82, 2.24) is 9.13 Å². The highest BCUT2D eigenvalue weighted by Gasteiger charge is 2.28. The summed E-state index contributed by atoms with van der Waals surface area (Å²) in [5, 5.41) is 12.9. The molecule has 90 heavy (non-hydrogen) atoms. The van der Waals surface area contributed by atoms with Crippen molar-refractivity contribution in [2.24, 2.45) is 0 Å². The van der Waals surface area contributed by atoms with E-state index in [9.17, 15) is 0 Å². The molecule has 0 bridgehead atoms. The first-order valence-corrected chi connectivity index (χ1v) is 31.9. The number of benzene rings is 15. The molecular weight excluding hydrogens is 1110 g/mol. The molecule has 3 aromatic heterocycles. The van der Waals surface area contributed by atoms with Gasteiger partial charge in [-0.05, 0) is 197 Å². The molecule has 3 heterocycles. The lowest BCUT2D eigenvalue weighted by atomic mass is 9.89. The van der Waals surface area contributed by atoms with Gasteiger partial charge in [0.25, 0.3) is 0 Å². The van der Waals surface area contributed by atoms with Crippen molar-refractivity contribution in [3.05, 3.63) is 309 Å². The molecule has 0 radical (unpaired) electrons. The molecule has 0 spiro atoms. The molecule has 0 saturated heterocycles. The largest absolute Gasteiger partial charge is 0.310 e.